The molecule has 2 aromatic rings. The van der Waals surface area contributed by atoms with Crippen LogP contribution in [-0.4, -0.2) is 14.2 Å². The van der Waals surface area contributed by atoms with Crippen LogP contribution >= 0.6 is 12.9 Å². The smallest absolute Gasteiger partial charge is 0.139 e. The fourth-order valence-corrected chi connectivity index (χ4v) is 2.16. The van der Waals surface area contributed by atoms with Crippen molar-refractivity contribution in [2.24, 2.45) is 0 Å². The second kappa shape index (κ2) is 5.89. The Bertz CT molecular complexity index is 582. The van der Waals surface area contributed by atoms with E-state index >= 15 is 0 Å². The molecule has 0 N–H and O–H groups in total. The number of methoxy groups -OCH3 is 2. The molecule has 0 saturated heterocycles. The number of ether oxygens (including phenoxy) is 2. The van der Waals surface area contributed by atoms with Crippen molar-refractivity contribution in [2.75, 3.05) is 14.2 Å². The maximum atomic E-state index is 5.39. The fourth-order valence-electron chi connectivity index (χ4n) is 1.96. The Labute approximate surface area is 118 Å². The Hall–Kier alpha value is -1.81. The number of hydrogen-bond acceptors (Lipinski definition) is 4. The zero-order valence-electron chi connectivity index (χ0n) is 11.1. The van der Waals surface area contributed by atoms with E-state index in [1.165, 1.54) is 0 Å². The average molecular weight is 276 g/mol. The Balaban J connectivity index is 2.53. The maximum absolute atomic E-state index is 5.39. The van der Waals surface area contributed by atoms with Gasteiger partial charge in [-0.15, -0.1) is 0 Å². The number of rotatable bonds is 4. The van der Waals surface area contributed by atoms with E-state index in [4.69, 9.17) is 13.7 Å². The van der Waals surface area contributed by atoms with Crippen LogP contribution in [0.4, 0.5) is 0 Å². The lowest BCUT2D eigenvalue weighted by Crippen LogP contribution is -1.91. The van der Waals surface area contributed by atoms with Gasteiger partial charge in [0.2, 0.25) is 0 Å². The molecule has 0 heterocycles. The number of aryl methyl sites for hydroxylation is 1. The zero-order valence-corrected chi connectivity index (χ0v) is 12.0. The second-order valence-corrected chi connectivity index (χ2v) is 4.32. The van der Waals surface area contributed by atoms with Crippen LogP contribution < -0.4 is 13.7 Å². The lowest BCUT2D eigenvalue weighted by atomic mass is 10.0. The summed E-state index contributed by atoms with van der Waals surface area (Å²) in [7, 11) is 3.30. The second-order valence-electron chi connectivity index (χ2n) is 4.14. The van der Waals surface area contributed by atoms with Crippen LogP contribution in [0.3, 0.4) is 0 Å². The maximum Gasteiger partial charge on any atom is 0.139 e. The molecule has 0 spiro atoms. The van der Waals surface area contributed by atoms with Gasteiger partial charge in [-0.2, -0.15) is 0 Å². The van der Waals surface area contributed by atoms with Gasteiger partial charge in [0.05, 0.1) is 14.2 Å². The van der Waals surface area contributed by atoms with E-state index in [1.807, 2.05) is 43.3 Å². The molecule has 0 bridgehead atoms. The molecule has 0 aliphatic carbocycles. The quantitative estimate of drug-likeness (QED) is 0.678. The topological polar surface area (TPSA) is 27.7 Å². The van der Waals surface area contributed by atoms with Gasteiger partial charge >= 0.3 is 0 Å². The molecule has 0 fully saturated rings. The number of thiol groups is 1. The van der Waals surface area contributed by atoms with Crippen molar-refractivity contribution in [1.82, 2.24) is 0 Å². The third kappa shape index (κ3) is 2.79. The molecule has 100 valence electrons. The third-order valence-corrected chi connectivity index (χ3v) is 3.19. The summed E-state index contributed by atoms with van der Waals surface area (Å²) in [6.45, 7) is 1.97. The van der Waals surface area contributed by atoms with Gasteiger partial charge in [-0.25, -0.2) is 0 Å². The van der Waals surface area contributed by atoms with Gasteiger partial charge in [-0.05, 0) is 48.4 Å². The van der Waals surface area contributed by atoms with Crippen molar-refractivity contribution in [2.45, 2.75) is 6.92 Å². The van der Waals surface area contributed by atoms with Crippen LogP contribution in [0.1, 0.15) is 5.56 Å². The van der Waals surface area contributed by atoms with Crippen LogP contribution in [0, 0.1) is 6.92 Å². The van der Waals surface area contributed by atoms with E-state index in [-0.39, 0.29) is 0 Å². The minimum Gasteiger partial charge on any atom is -0.497 e. The van der Waals surface area contributed by atoms with Gasteiger partial charge in [0, 0.05) is 18.5 Å². The molecule has 0 aliphatic heterocycles. The van der Waals surface area contributed by atoms with Crippen LogP contribution in [-0.2, 0) is 0 Å². The molecule has 3 nitrogen and oxygen atoms in total. The lowest BCUT2D eigenvalue weighted by Gasteiger charge is -2.12. The first-order chi connectivity index (χ1) is 9.19. The molecular weight excluding hydrogens is 260 g/mol. The van der Waals surface area contributed by atoms with E-state index in [0.717, 1.165) is 33.9 Å². The first-order valence-electron chi connectivity index (χ1n) is 5.84. The number of hydrogen-bond donors (Lipinski definition) is 1. The first-order valence-corrected chi connectivity index (χ1v) is 6.20. The van der Waals surface area contributed by atoms with Crippen molar-refractivity contribution in [3.63, 3.8) is 0 Å². The highest BCUT2D eigenvalue weighted by atomic mass is 32.1. The Kier molecular flexibility index (Phi) is 4.22. The average Bonchev–Trinajstić information content (AvgIpc) is 2.46. The van der Waals surface area contributed by atoms with Gasteiger partial charge in [-0.1, -0.05) is 6.07 Å². The molecular formula is C15H16O3S. The predicted octanol–water partition coefficient (Wildman–Crippen LogP) is 3.90. The highest BCUT2D eigenvalue weighted by Gasteiger charge is 2.09. The summed E-state index contributed by atoms with van der Waals surface area (Å²) in [5.74, 6) is 2.34. The van der Waals surface area contributed by atoms with Gasteiger partial charge in [0.15, 0.2) is 0 Å². The lowest BCUT2D eigenvalue weighted by molar-refractivity contribution is 0.404. The molecule has 0 atom stereocenters. The van der Waals surface area contributed by atoms with Crippen molar-refractivity contribution >= 4 is 12.9 Å². The zero-order chi connectivity index (χ0) is 13.8. The molecule has 2 rings (SSSR count). The van der Waals surface area contributed by atoms with Crippen LogP contribution in [0.25, 0.3) is 11.1 Å². The highest BCUT2D eigenvalue weighted by Crippen LogP contribution is 2.35. The van der Waals surface area contributed by atoms with E-state index < -0.39 is 0 Å². The summed E-state index contributed by atoms with van der Waals surface area (Å²) in [6, 6.07) is 11.6. The highest BCUT2D eigenvalue weighted by molar-refractivity contribution is 7.75. The third-order valence-electron chi connectivity index (χ3n) is 2.99. The monoisotopic (exact) mass is 276 g/mol. The van der Waals surface area contributed by atoms with Crippen LogP contribution in [0.15, 0.2) is 36.4 Å². The molecule has 4 heteroatoms. The molecule has 0 unspecified atom stereocenters. The van der Waals surface area contributed by atoms with Gasteiger partial charge in [0.1, 0.15) is 17.2 Å². The normalized spacial score (nSPS) is 10.1. The van der Waals surface area contributed by atoms with Gasteiger partial charge in [0.25, 0.3) is 0 Å². The Morgan fingerprint density at radius 2 is 1.63 bits per heavy atom. The summed E-state index contributed by atoms with van der Waals surface area (Å²) >= 11 is 3.83. The molecule has 19 heavy (non-hydrogen) atoms. The molecule has 0 radical (unpaired) electrons. The Morgan fingerprint density at radius 3 is 2.21 bits per heavy atom. The predicted molar refractivity (Wildman–Crippen MR) is 79.3 cm³/mol. The molecule has 2 aromatic carbocycles. The largest absolute Gasteiger partial charge is 0.497 e. The van der Waals surface area contributed by atoms with Crippen molar-refractivity contribution < 1.29 is 13.7 Å². The standard InChI is InChI=1S/C15H16O3S/c1-10-8-11(4-6-14(10)18-19)13-9-12(16-2)5-7-15(13)17-3/h4-9,19H,1-3H3. The molecule has 0 aliphatic rings. The summed E-state index contributed by atoms with van der Waals surface area (Å²) in [5, 5.41) is 0. The molecule has 0 aromatic heterocycles. The summed E-state index contributed by atoms with van der Waals surface area (Å²) in [5.41, 5.74) is 3.04. The van der Waals surface area contributed by atoms with Crippen LogP contribution in [0.5, 0.6) is 17.2 Å². The first kappa shape index (κ1) is 13.6. The van der Waals surface area contributed by atoms with Crippen molar-refractivity contribution in [1.29, 1.82) is 0 Å². The van der Waals surface area contributed by atoms with E-state index in [1.54, 1.807) is 14.2 Å². The van der Waals surface area contributed by atoms with Gasteiger partial charge < -0.3 is 13.7 Å². The fraction of sp³-hybridized carbons (Fsp3) is 0.200. The minimum absolute atomic E-state index is 0.744. The van der Waals surface area contributed by atoms with Crippen LogP contribution in [0.2, 0.25) is 0 Å². The van der Waals surface area contributed by atoms with Crippen molar-refractivity contribution in [3.05, 3.63) is 42.0 Å². The van der Waals surface area contributed by atoms with Crippen molar-refractivity contribution in [3.8, 4) is 28.4 Å². The minimum atomic E-state index is 0.744. The summed E-state index contributed by atoms with van der Waals surface area (Å²) in [6.07, 6.45) is 0. The summed E-state index contributed by atoms with van der Waals surface area (Å²) < 4.78 is 15.6. The van der Waals surface area contributed by atoms with E-state index in [9.17, 15) is 0 Å². The molecule has 0 amide bonds. The van der Waals surface area contributed by atoms with E-state index in [0.29, 0.717) is 0 Å². The Morgan fingerprint density at radius 1 is 0.895 bits per heavy atom. The van der Waals surface area contributed by atoms with E-state index in [2.05, 4.69) is 12.9 Å². The van der Waals surface area contributed by atoms with Gasteiger partial charge in [-0.3, -0.25) is 0 Å². The SMILES string of the molecule is COc1ccc(OC)c(-c2ccc(OS)c(C)c2)c1. The number of benzene rings is 2. The summed E-state index contributed by atoms with van der Waals surface area (Å²) in [4.78, 5) is 0. The molecule has 0 saturated carbocycles.